The van der Waals surface area contributed by atoms with E-state index in [0.29, 0.717) is 25.9 Å². The van der Waals surface area contributed by atoms with Gasteiger partial charge >= 0.3 is 0 Å². The van der Waals surface area contributed by atoms with Crippen LogP contribution in [0.4, 0.5) is 0 Å². The van der Waals surface area contributed by atoms with Crippen LogP contribution in [-0.4, -0.2) is 50.2 Å². The lowest BCUT2D eigenvalue weighted by molar-refractivity contribution is -0.127. The highest BCUT2D eigenvalue weighted by atomic mass is 32.2. The zero-order valence-corrected chi connectivity index (χ0v) is 21.4. The highest BCUT2D eigenvalue weighted by Crippen LogP contribution is 2.14. The molecule has 0 bridgehead atoms. The molecule has 1 heterocycles. The van der Waals surface area contributed by atoms with Gasteiger partial charge in [-0.1, -0.05) is 91.4 Å². The summed E-state index contributed by atoms with van der Waals surface area (Å²) < 4.78 is 32.7. The number of nitrogens with one attached hydrogen (secondary N) is 2. The van der Waals surface area contributed by atoms with Gasteiger partial charge in [0.25, 0.3) is 0 Å². The van der Waals surface area contributed by atoms with Crippen molar-refractivity contribution in [2.45, 2.75) is 129 Å². The van der Waals surface area contributed by atoms with E-state index in [1.807, 2.05) is 13.8 Å². The van der Waals surface area contributed by atoms with Gasteiger partial charge in [-0.3, -0.25) is 4.79 Å². The molecular formula is C24H48N2O5S. The van der Waals surface area contributed by atoms with Crippen molar-refractivity contribution in [3.8, 4) is 0 Å². The van der Waals surface area contributed by atoms with E-state index in [1.54, 1.807) is 0 Å². The molecule has 7 nitrogen and oxygen atoms in total. The number of sulfonamides is 1. The summed E-state index contributed by atoms with van der Waals surface area (Å²) in [7, 11) is -3.54. The van der Waals surface area contributed by atoms with Crippen LogP contribution in [0.5, 0.6) is 0 Å². The van der Waals surface area contributed by atoms with Gasteiger partial charge in [0.2, 0.25) is 15.9 Å². The molecule has 1 aliphatic rings. The number of carbonyl (C=O) groups excluding carboxylic acids is 1. The quantitative estimate of drug-likeness (QED) is 0.242. The first kappa shape index (κ1) is 29.3. The van der Waals surface area contributed by atoms with Gasteiger partial charge in [0.15, 0.2) is 6.29 Å². The average Bonchev–Trinajstić information content (AvgIpc) is 3.12. The molecule has 1 fully saturated rings. The predicted octanol–water partition coefficient (Wildman–Crippen LogP) is 4.25. The molecule has 8 heteroatoms. The fourth-order valence-electron chi connectivity index (χ4n) is 4.09. The zero-order valence-electron chi connectivity index (χ0n) is 20.6. The monoisotopic (exact) mass is 476 g/mol. The normalized spacial score (nSPS) is 20.0. The van der Waals surface area contributed by atoms with E-state index in [9.17, 15) is 18.3 Å². The van der Waals surface area contributed by atoms with E-state index in [2.05, 4.69) is 17.0 Å². The summed E-state index contributed by atoms with van der Waals surface area (Å²) in [5.74, 6) is -0.196. The van der Waals surface area contributed by atoms with Crippen LogP contribution >= 0.6 is 0 Å². The van der Waals surface area contributed by atoms with Gasteiger partial charge in [-0.25, -0.2) is 13.1 Å². The summed E-state index contributed by atoms with van der Waals surface area (Å²) in [6, 6.07) is -1.32. The van der Waals surface area contributed by atoms with Crippen molar-refractivity contribution in [3.63, 3.8) is 0 Å². The number of ether oxygens (including phenoxy) is 1. The number of rotatable bonds is 19. The van der Waals surface area contributed by atoms with Crippen molar-refractivity contribution in [3.05, 3.63) is 0 Å². The Morgan fingerprint density at radius 2 is 1.50 bits per heavy atom. The molecule has 0 aliphatic carbocycles. The first-order valence-corrected chi connectivity index (χ1v) is 14.5. The fourth-order valence-corrected chi connectivity index (χ4v) is 5.43. The van der Waals surface area contributed by atoms with E-state index in [4.69, 9.17) is 4.74 Å². The molecule has 3 N–H and O–H groups in total. The Kier molecular flexibility index (Phi) is 15.4. The topological polar surface area (TPSA) is 105 Å². The Morgan fingerprint density at radius 1 is 0.969 bits per heavy atom. The minimum Gasteiger partial charge on any atom is -0.366 e. The molecule has 1 amide bonds. The Bertz CT molecular complexity index is 597. The van der Waals surface area contributed by atoms with Crippen molar-refractivity contribution >= 4 is 15.9 Å². The van der Waals surface area contributed by atoms with Crippen LogP contribution in [0.3, 0.4) is 0 Å². The van der Waals surface area contributed by atoms with Gasteiger partial charge in [0.05, 0.1) is 18.4 Å². The molecule has 0 aromatic carbocycles. The van der Waals surface area contributed by atoms with Crippen LogP contribution < -0.4 is 10.0 Å². The van der Waals surface area contributed by atoms with Gasteiger partial charge in [0, 0.05) is 0 Å². The Labute approximate surface area is 196 Å². The van der Waals surface area contributed by atoms with Gasteiger partial charge in [-0.2, -0.15) is 0 Å². The maximum absolute atomic E-state index is 12.6. The van der Waals surface area contributed by atoms with Crippen molar-refractivity contribution in [2.75, 3.05) is 12.4 Å². The molecule has 1 aliphatic heterocycles. The average molecular weight is 477 g/mol. The molecule has 1 unspecified atom stereocenters. The second kappa shape index (κ2) is 16.8. The van der Waals surface area contributed by atoms with Gasteiger partial charge in [-0.05, 0) is 25.2 Å². The zero-order chi connectivity index (χ0) is 23.8. The molecule has 32 heavy (non-hydrogen) atoms. The van der Waals surface area contributed by atoms with Crippen LogP contribution in [-0.2, 0) is 19.6 Å². The van der Waals surface area contributed by atoms with Gasteiger partial charge in [-0.15, -0.1) is 0 Å². The minimum atomic E-state index is -3.54. The largest absolute Gasteiger partial charge is 0.366 e. The first-order valence-electron chi connectivity index (χ1n) is 12.8. The molecule has 0 aromatic heterocycles. The maximum atomic E-state index is 12.6. The molecule has 0 saturated carbocycles. The number of amides is 1. The molecule has 0 radical (unpaired) electrons. The highest BCUT2D eigenvalue weighted by Gasteiger charge is 2.31. The Hall–Kier alpha value is -0.700. The lowest BCUT2D eigenvalue weighted by Crippen LogP contribution is -2.52. The lowest BCUT2D eigenvalue weighted by Gasteiger charge is -2.23. The smallest absolute Gasteiger partial charge is 0.238 e. The molecular weight excluding hydrogens is 428 g/mol. The SMILES string of the molecule is CCCCCCCCCCCCCCS(=O)(=O)N[C@@H](CC(C)C)C(=O)N[C@H]1CCOC1O. The first-order chi connectivity index (χ1) is 15.2. The molecule has 0 spiro atoms. The van der Waals surface area contributed by atoms with Crippen molar-refractivity contribution in [1.29, 1.82) is 0 Å². The van der Waals surface area contributed by atoms with Gasteiger partial charge < -0.3 is 15.2 Å². The van der Waals surface area contributed by atoms with E-state index >= 15 is 0 Å². The lowest BCUT2D eigenvalue weighted by atomic mass is 10.0. The predicted molar refractivity (Wildman–Crippen MR) is 130 cm³/mol. The van der Waals surface area contributed by atoms with E-state index in [-0.39, 0.29) is 11.7 Å². The molecule has 1 saturated heterocycles. The highest BCUT2D eigenvalue weighted by molar-refractivity contribution is 7.89. The summed E-state index contributed by atoms with van der Waals surface area (Å²) in [5, 5.41) is 12.5. The number of unbranched alkanes of at least 4 members (excludes halogenated alkanes) is 11. The Balaban J connectivity index is 2.24. The third kappa shape index (κ3) is 13.8. The third-order valence-electron chi connectivity index (χ3n) is 6.00. The number of aliphatic hydroxyl groups is 1. The molecule has 0 aromatic rings. The Morgan fingerprint density at radius 3 is 1.97 bits per heavy atom. The molecule has 190 valence electrons. The summed E-state index contributed by atoms with van der Waals surface area (Å²) >= 11 is 0. The van der Waals surface area contributed by atoms with Crippen molar-refractivity contribution in [2.24, 2.45) is 5.92 Å². The standard InChI is InChI=1S/C24H48N2O5S/c1-4-5-6-7-8-9-10-11-12-13-14-15-18-32(29,30)26-22(19-20(2)3)23(27)25-21-16-17-31-24(21)28/h20-22,24,26,28H,4-19H2,1-3H3,(H,25,27)/t21-,22-,24?/m0/s1. The van der Waals surface area contributed by atoms with E-state index in [0.717, 1.165) is 19.3 Å². The van der Waals surface area contributed by atoms with Crippen molar-refractivity contribution < 1.29 is 23.1 Å². The van der Waals surface area contributed by atoms with Crippen LogP contribution in [0.25, 0.3) is 0 Å². The van der Waals surface area contributed by atoms with Crippen molar-refractivity contribution in [1.82, 2.24) is 10.0 Å². The fraction of sp³-hybridized carbons (Fsp3) is 0.958. The third-order valence-corrected chi connectivity index (χ3v) is 7.47. The van der Waals surface area contributed by atoms with Gasteiger partial charge in [0.1, 0.15) is 6.04 Å². The molecule has 1 rings (SSSR count). The number of aliphatic hydroxyl groups excluding tert-OH is 1. The van der Waals surface area contributed by atoms with E-state index < -0.39 is 34.3 Å². The number of hydrogen-bond donors (Lipinski definition) is 3. The second-order valence-corrected chi connectivity index (χ2v) is 11.5. The van der Waals surface area contributed by atoms with Crippen LogP contribution in [0.1, 0.15) is 111 Å². The molecule has 3 atom stereocenters. The number of carbonyl (C=O) groups is 1. The minimum absolute atomic E-state index is 0.0431. The van der Waals surface area contributed by atoms with E-state index in [1.165, 1.54) is 51.4 Å². The summed E-state index contributed by atoms with van der Waals surface area (Å²) in [6.07, 6.45) is 14.1. The van der Waals surface area contributed by atoms with Crippen LogP contribution in [0, 0.1) is 5.92 Å². The van der Waals surface area contributed by atoms with Crippen LogP contribution in [0.2, 0.25) is 0 Å². The number of hydrogen-bond acceptors (Lipinski definition) is 5. The summed E-state index contributed by atoms with van der Waals surface area (Å²) in [6.45, 7) is 6.52. The second-order valence-electron chi connectivity index (χ2n) is 9.67. The maximum Gasteiger partial charge on any atom is 0.238 e. The summed E-state index contributed by atoms with van der Waals surface area (Å²) in [5.41, 5.74) is 0. The van der Waals surface area contributed by atoms with Crippen LogP contribution in [0.15, 0.2) is 0 Å². The summed E-state index contributed by atoms with van der Waals surface area (Å²) in [4.78, 5) is 12.6.